The summed E-state index contributed by atoms with van der Waals surface area (Å²) in [6.45, 7) is 4.68. The molecule has 144 valence electrons. The van der Waals surface area contributed by atoms with Gasteiger partial charge in [0.2, 0.25) is 0 Å². The number of hydrogen-bond acceptors (Lipinski definition) is 2. The molecule has 0 aliphatic rings. The zero-order chi connectivity index (χ0) is 20.1. The summed E-state index contributed by atoms with van der Waals surface area (Å²) >= 11 is 0. The van der Waals surface area contributed by atoms with Crippen molar-refractivity contribution in [3.63, 3.8) is 0 Å². The van der Waals surface area contributed by atoms with E-state index in [0.717, 1.165) is 23.0 Å². The first-order valence-electron chi connectivity index (χ1n) is 9.79. The van der Waals surface area contributed by atoms with E-state index in [1.165, 1.54) is 10.4 Å². The fraction of sp³-hybridized carbons (Fsp3) is 0.0769. The molecule has 0 N–H and O–H groups in total. The molecule has 29 heavy (non-hydrogen) atoms. The largest absolute Gasteiger partial charge is 0.457 e. The Kier molecular flexibility index (Phi) is 5.50. The Hall–Kier alpha value is -3.30. The molecule has 0 unspecified atom stereocenters. The highest BCUT2D eigenvalue weighted by atomic mass is 28.3. The van der Waals surface area contributed by atoms with Crippen molar-refractivity contribution in [2.75, 3.05) is 0 Å². The van der Waals surface area contributed by atoms with Crippen molar-refractivity contribution in [2.45, 2.75) is 13.1 Å². The smallest absolute Gasteiger partial charge is 0.127 e. The van der Waals surface area contributed by atoms with Gasteiger partial charge in [0, 0.05) is 0 Å². The minimum Gasteiger partial charge on any atom is -0.457 e. The van der Waals surface area contributed by atoms with Gasteiger partial charge >= 0.3 is 0 Å². The van der Waals surface area contributed by atoms with Gasteiger partial charge in [-0.15, -0.1) is 0 Å². The maximum Gasteiger partial charge on any atom is 0.127 e. The van der Waals surface area contributed by atoms with Crippen LogP contribution < -0.4 is 19.8 Å². The Labute approximate surface area is 173 Å². The summed E-state index contributed by atoms with van der Waals surface area (Å²) in [6, 6.07) is 36.6. The van der Waals surface area contributed by atoms with Gasteiger partial charge in [-0.2, -0.15) is 0 Å². The summed E-state index contributed by atoms with van der Waals surface area (Å²) in [4.78, 5) is 0. The van der Waals surface area contributed by atoms with Crippen molar-refractivity contribution in [3.8, 4) is 23.0 Å². The Morgan fingerprint density at radius 3 is 1.21 bits per heavy atom. The summed E-state index contributed by atoms with van der Waals surface area (Å²) in [5.41, 5.74) is 0. The monoisotopic (exact) mass is 396 g/mol. The van der Waals surface area contributed by atoms with E-state index in [2.05, 4.69) is 49.5 Å². The third-order valence-electron chi connectivity index (χ3n) is 5.06. The van der Waals surface area contributed by atoms with Crippen LogP contribution in [0.3, 0.4) is 0 Å². The van der Waals surface area contributed by atoms with Crippen molar-refractivity contribution in [3.05, 3.63) is 109 Å². The van der Waals surface area contributed by atoms with E-state index in [0.29, 0.717) is 0 Å². The molecular weight excluding hydrogens is 372 g/mol. The minimum atomic E-state index is -2.10. The van der Waals surface area contributed by atoms with Crippen LogP contribution in [0.1, 0.15) is 0 Å². The van der Waals surface area contributed by atoms with Crippen LogP contribution in [0.25, 0.3) is 0 Å². The minimum absolute atomic E-state index is 0.846. The molecule has 0 fully saturated rings. The third kappa shape index (κ3) is 4.25. The van der Waals surface area contributed by atoms with Gasteiger partial charge < -0.3 is 9.47 Å². The van der Waals surface area contributed by atoms with Crippen LogP contribution in [0, 0.1) is 0 Å². The van der Waals surface area contributed by atoms with E-state index in [1.807, 2.05) is 72.8 Å². The van der Waals surface area contributed by atoms with E-state index in [4.69, 9.17) is 9.47 Å². The third-order valence-corrected chi connectivity index (χ3v) is 8.58. The predicted octanol–water partition coefficient (Wildman–Crippen LogP) is 6.09. The molecule has 0 saturated heterocycles. The topological polar surface area (TPSA) is 18.5 Å². The summed E-state index contributed by atoms with van der Waals surface area (Å²) in [6.07, 6.45) is 0. The Balaban J connectivity index is 1.73. The number of para-hydroxylation sites is 4. The van der Waals surface area contributed by atoms with E-state index < -0.39 is 8.07 Å². The molecule has 0 radical (unpaired) electrons. The van der Waals surface area contributed by atoms with Gasteiger partial charge in [0.25, 0.3) is 0 Å². The molecule has 4 aromatic rings. The first-order chi connectivity index (χ1) is 14.1. The SMILES string of the molecule is C[Si](C)(c1ccccc1Oc1ccccc1)c1ccccc1Oc1ccccc1. The van der Waals surface area contributed by atoms with Crippen LogP contribution in [-0.2, 0) is 0 Å². The number of hydrogen-bond donors (Lipinski definition) is 0. The number of ether oxygens (including phenoxy) is 2. The molecule has 0 bridgehead atoms. The van der Waals surface area contributed by atoms with Crippen molar-refractivity contribution in [2.24, 2.45) is 0 Å². The molecule has 0 aliphatic heterocycles. The molecule has 0 spiro atoms. The van der Waals surface area contributed by atoms with Crippen LogP contribution in [0.4, 0.5) is 0 Å². The van der Waals surface area contributed by atoms with Gasteiger partial charge in [0.1, 0.15) is 31.1 Å². The van der Waals surface area contributed by atoms with E-state index in [9.17, 15) is 0 Å². The lowest BCUT2D eigenvalue weighted by Crippen LogP contribution is -2.53. The lowest BCUT2D eigenvalue weighted by molar-refractivity contribution is 0.485. The van der Waals surface area contributed by atoms with Crippen LogP contribution >= 0.6 is 0 Å². The van der Waals surface area contributed by atoms with Gasteiger partial charge in [0.15, 0.2) is 0 Å². The lowest BCUT2D eigenvalue weighted by Gasteiger charge is -2.28. The summed E-state index contributed by atoms with van der Waals surface area (Å²) < 4.78 is 12.5. The normalized spacial score (nSPS) is 11.1. The van der Waals surface area contributed by atoms with Gasteiger partial charge in [-0.25, -0.2) is 0 Å². The molecule has 0 amide bonds. The van der Waals surface area contributed by atoms with E-state index >= 15 is 0 Å². The van der Waals surface area contributed by atoms with E-state index in [1.54, 1.807) is 0 Å². The molecule has 0 atom stereocenters. The van der Waals surface area contributed by atoms with Crippen LogP contribution in [0.2, 0.25) is 13.1 Å². The zero-order valence-electron chi connectivity index (χ0n) is 16.7. The van der Waals surface area contributed by atoms with Crippen LogP contribution in [-0.4, -0.2) is 8.07 Å². The first kappa shape index (κ1) is 19.0. The molecule has 3 heteroatoms. The molecule has 0 saturated carbocycles. The average Bonchev–Trinajstić information content (AvgIpc) is 2.76. The quantitative estimate of drug-likeness (QED) is 0.367. The highest BCUT2D eigenvalue weighted by Crippen LogP contribution is 2.26. The van der Waals surface area contributed by atoms with Crippen molar-refractivity contribution < 1.29 is 9.47 Å². The second kappa shape index (κ2) is 8.37. The maximum absolute atomic E-state index is 6.27. The summed E-state index contributed by atoms with van der Waals surface area (Å²) in [5, 5.41) is 2.49. The Morgan fingerprint density at radius 2 is 0.793 bits per heavy atom. The fourth-order valence-electron chi connectivity index (χ4n) is 3.52. The highest BCUT2D eigenvalue weighted by molar-refractivity contribution is 7.01. The Bertz CT molecular complexity index is 989. The standard InChI is InChI=1S/C26H24O2Si/c1-29(2,25-19-11-9-17-23(25)27-21-13-5-3-6-14-21)26-20-12-10-18-24(26)28-22-15-7-4-8-16-22/h3-20H,1-2H3. The lowest BCUT2D eigenvalue weighted by atomic mass is 10.3. The van der Waals surface area contributed by atoms with Gasteiger partial charge in [-0.1, -0.05) is 85.9 Å². The second-order valence-electron chi connectivity index (χ2n) is 7.45. The van der Waals surface area contributed by atoms with Crippen molar-refractivity contribution in [1.82, 2.24) is 0 Å². The van der Waals surface area contributed by atoms with Crippen molar-refractivity contribution >= 4 is 18.4 Å². The van der Waals surface area contributed by atoms with E-state index in [-0.39, 0.29) is 0 Å². The van der Waals surface area contributed by atoms with Crippen LogP contribution in [0.5, 0.6) is 23.0 Å². The fourth-order valence-corrected chi connectivity index (χ4v) is 6.34. The zero-order valence-corrected chi connectivity index (χ0v) is 17.7. The molecule has 0 aromatic heterocycles. The first-order valence-corrected chi connectivity index (χ1v) is 12.8. The molecule has 4 rings (SSSR count). The molecule has 0 heterocycles. The van der Waals surface area contributed by atoms with Crippen LogP contribution in [0.15, 0.2) is 109 Å². The van der Waals surface area contributed by atoms with Gasteiger partial charge in [0.05, 0.1) is 0 Å². The second-order valence-corrected chi connectivity index (χ2v) is 11.8. The molecule has 2 nitrogen and oxygen atoms in total. The van der Waals surface area contributed by atoms with Gasteiger partial charge in [-0.05, 0) is 46.8 Å². The summed E-state index contributed by atoms with van der Waals surface area (Å²) in [7, 11) is -2.10. The number of rotatable bonds is 6. The summed E-state index contributed by atoms with van der Waals surface area (Å²) in [5.74, 6) is 3.51. The van der Waals surface area contributed by atoms with Gasteiger partial charge in [-0.3, -0.25) is 0 Å². The Morgan fingerprint density at radius 1 is 0.448 bits per heavy atom. The average molecular weight is 397 g/mol. The highest BCUT2D eigenvalue weighted by Gasteiger charge is 2.32. The van der Waals surface area contributed by atoms with Crippen molar-refractivity contribution in [1.29, 1.82) is 0 Å². The maximum atomic E-state index is 6.27. The molecule has 4 aromatic carbocycles. The predicted molar refractivity (Wildman–Crippen MR) is 123 cm³/mol. The number of benzene rings is 4. The molecule has 0 aliphatic carbocycles. The molecular formula is C26H24O2Si.